The van der Waals surface area contributed by atoms with Crippen LogP contribution >= 0.6 is 23.2 Å². The van der Waals surface area contributed by atoms with Gasteiger partial charge in [-0.2, -0.15) is 0 Å². The summed E-state index contributed by atoms with van der Waals surface area (Å²) in [5, 5.41) is 11.2. The molecule has 0 bridgehead atoms. The SMILES string of the molecule is CCOC(=O)CC(NC(=O)CNC(=O)c1cccc(NC(=O)NCc2ccccn2)c1)c1cc(Cl)cc(Cl)c1. The van der Waals surface area contributed by atoms with Crippen molar-refractivity contribution in [3.05, 3.63) is 93.7 Å². The zero-order chi connectivity index (χ0) is 28.2. The van der Waals surface area contributed by atoms with Crippen molar-refractivity contribution in [3.8, 4) is 0 Å². The molecule has 10 nitrogen and oxygen atoms in total. The second-order valence-electron chi connectivity index (χ2n) is 8.22. The first-order chi connectivity index (χ1) is 18.7. The summed E-state index contributed by atoms with van der Waals surface area (Å²) in [5.74, 6) is -1.59. The van der Waals surface area contributed by atoms with Crippen LogP contribution in [0.2, 0.25) is 10.0 Å². The Hall–Kier alpha value is -4.15. The van der Waals surface area contributed by atoms with E-state index in [9.17, 15) is 19.2 Å². The lowest BCUT2D eigenvalue weighted by Gasteiger charge is -2.19. The molecule has 0 saturated carbocycles. The third kappa shape index (κ3) is 9.91. The summed E-state index contributed by atoms with van der Waals surface area (Å²) in [4.78, 5) is 53.8. The number of rotatable bonds is 11. The van der Waals surface area contributed by atoms with Crippen LogP contribution in [0.4, 0.5) is 10.5 Å². The largest absolute Gasteiger partial charge is 0.466 e. The van der Waals surface area contributed by atoms with Crippen LogP contribution in [0.1, 0.15) is 41.0 Å². The molecule has 4 N–H and O–H groups in total. The summed E-state index contributed by atoms with van der Waals surface area (Å²) in [6.07, 6.45) is 1.48. The molecule has 1 aromatic heterocycles. The van der Waals surface area contributed by atoms with E-state index in [1.807, 2.05) is 6.07 Å². The lowest BCUT2D eigenvalue weighted by molar-refractivity contribution is -0.143. The summed E-state index contributed by atoms with van der Waals surface area (Å²) >= 11 is 12.2. The fraction of sp³-hybridized carbons (Fsp3) is 0.222. The highest BCUT2D eigenvalue weighted by Gasteiger charge is 2.21. The van der Waals surface area contributed by atoms with Crippen LogP contribution in [0.5, 0.6) is 0 Å². The minimum absolute atomic E-state index is 0.152. The Morgan fingerprint density at radius 2 is 1.72 bits per heavy atom. The smallest absolute Gasteiger partial charge is 0.319 e. The van der Waals surface area contributed by atoms with Gasteiger partial charge in [0.05, 0.1) is 37.9 Å². The van der Waals surface area contributed by atoms with Gasteiger partial charge < -0.3 is 26.0 Å². The van der Waals surface area contributed by atoms with Crippen molar-refractivity contribution in [3.63, 3.8) is 0 Å². The molecule has 1 unspecified atom stereocenters. The number of pyridine rings is 1. The topological polar surface area (TPSA) is 139 Å². The average molecular weight is 572 g/mol. The predicted molar refractivity (Wildman–Crippen MR) is 147 cm³/mol. The number of carbonyl (C=O) groups excluding carboxylic acids is 4. The van der Waals surface area contributed by atoms with E-state index in [2.05, 4.69) is 26.3 Å². The molecule has 0 aliphatic rings. The van der Waals surface area contributed by atoms with Gasteiger partial charge in [-0.1, -0.05) is 35.3 Å². The van der Waals surface area contributed by atoms with Gasteiger partial charge in [-0.3, -0.25) is 19.4 Å². The maximum atomic E-state index is 12.7. The quantitative estimate of drug-likeness (QED) is 0.254. The number of nitrogens with one attached hydrogen (secondary N) is 4. The molecule has 3 rings (SSSR count). The third-order valence-electron chi connectivity index (χ3n) is 5.25. The van der Waals surface area contributed by atoms with Crippen molar-refractivity contribution >= 4 is 52.7 Å². The van der Waals surface area contributed by atoms with Crippen molar-refractivity contribution < 1.29 is 23.9 Å². The van der Waals surface area contributed by atoms with Crippen LogP contribution in [0, 0.1) is 0 Å². The normalized spacial score (nSPS) is 11.2. The van der Waals surface area contributed by atoms with E-state index in [4.69, 9.17) is 27.9 Å². The van der Waals surface area contributed by atoms with E-state index in [1.165, 1.54) is 12.1 Å². The maximum absolute atomic E-state index is 12.7. The number of benzene rings is 2. The number of amides is 4. The average Bonchev–Trinajstić information content (AvgIpc) is 2.90. The molecular formula is C27H27Cl2N5O5. The molecule has 0 radical (unpaired) electrons. The highest BCUT2D eigenvalue weighted by Crippen LogP contribution is 2.25. The standard InChI is InChI=1S/C27H27Cl2N5O5/c1-2-39-25(36)14-23(18-10-19(28)13-20(29)11-18)34-24(35)16-31-26(37)17-6-5-8-21(12-17)33-27(38)32-15-22-7-3-4-9-30-22/h3-13,23H,2,14-16H2,1H3,(H,31,37)(H,34,35)(H2,32,33,38). The molecule has 3 aromatic rings. The number of carbonyl (C=O) groups is 4. The number of hydrogen-bond donors (Lipinski definition) is 4. The Morgan fingerprint density at radius 3 is 2.41 bits per heavy atom. The first-order valence-electron chi connectivity index (χ1n) is 12.0. The van der Waals surface area contributed by atoms with Crippen molar-refractivity contribution in [2.75, 3.05) is 18.5 Å². The summed E-state index contributed by atoms with van der Waals surface area (Å²) in [6.45, 7) is 1.73. The van der Waals surface area contributed by atoms with Crippen LogP contribution in [0.25, 0.3) is 0 Å². The number of hydrogen-bond acceptors (Lipinski definition) is 6. The Labute approximate surface area is 235 Å². The number of urea groups is 1. The fourth-order valence-corrected chi connectivity index (χ4v) is 4.05. The molecule has 0 saturated heterocycles. The number of nitrogens with zero attached hydrogens (tertiary/aromatic N) is 1. The van der Waals surface area contributed by atoms with Gasteiger partial charge in [-0.05, 0) is 61.0 Å². The molecular weight excluding hydrogens is 545 g/mol. The van der Waals surface area contributed by atoms with Crippen molar-refractivity contribution in [2.45, 2.75) is 25.9 Å². The minimum atomic E-state index is -0.776. The summed E-state index contributed by atoms with van der Waals surface area (Å²) in [7, 11) is 0. The van der Waals surface area contributed by atoms with Gasteiger partial charge in [0, 0.05) is 27.5 Å². The van der Waals surface area contributed by atoms with Crippen molar-refractivity contribution in [2.24, 2.45) is 0 Å². The van der Waals surface area contributed by atoms with Crippen molar-refractivity contribution in [1.82, 2.24) is 20.9 Å². The molecule has 2 aromatic carbocycles. The van der Waals surface area contributed by atoms with Gasteiger partial charge in [0.15, 0.2) is 0 Å². The molecule has 0 fully saturated rings. The molecule has 0 spiro atoms. The summed E-state index contributed by atoms with van der Waals surface area (Å²) < 4.78 is 5.00. The van der Waals surface area contributed by atoms with E-state index >= 15 is 0 Å². The van der Waals surface area contributed by atoms with E-state index in [1.54, 1.807) is 55.6 Å². The lowest BCUT2D eigenvalue weighted by atomic mass is 10.0. The molecule has 0 aliphatic carbocycles. The van der Waals surface area contributed by atoms with E-state index in [-0.39, 0.29) is 31.7 Å². The zero-order valence-corrected chi connectivity index (χ0v) is 22.5. The number of anilines is 1. The van der Waals surface area contributed by atoms with Gasteiger partial charge in [-0.15, -0.1) is 0 Å². The second-order valence-corrected chi connectivity index (χ2v) is 9.10. The van der Waals surface area contributed by atoms with Gasteiger partial charge in [0.2, 0.25) is 5.91 Å². The first-order valence-corrected chi connectivity index (χ1v) is 12.7. The second kappa shape index (κ2) is 14.7. The summed E-state index contributed by atoms with van der Waals surface area (Å²) in [5.41, 5.74) is 1.83. The Balaban J connectivity index is 1.56. The summed E-state index contributed by atoms with van der Waals surface area (Å²) in [6, 6.07) is 15.1. The van der Waals surface area contributed by atoms with Crippen molar-refractivity contribution in [1.29, 1.82) is 0 Å². The number of esters is 1. The zero-order valence-electron chi connectivity index (χ0n) is 21.0. The Morgan fingerprint density at radius 1 is 0.949 bits per heavy atom. The van der Waals surface area contributed by atoms with Crippen LogP contribution in [0.3, 0.4) is 0 Å². The van der Waals surface area contributed by atoms with Crippen LogP contribution in [-0.4, -0.2) is 42.0 Å². The van der Waals surface area contributed by atoms with E-state index in [0.29, 0.717) is 27.0 Å². The Kier molecular flexibility index (Phi) is 11.1. The predicted octanol–water partition coefficient (Wildman–Crippen LogP) is 4.25. The number of aromatic nitrogens is 1. The van der Waals surface area contributed by atoms with Gasteiger partial charge in [-0.25, -0.2) is 4.79 Å². The van der Waals surface area contributed by atoms with Gasteiger partial charge in [0.1, 0.15) is 0 Å². The van der Waals surface area contributed by atoms with E-state index in [0.717, 1.165) is 0 Å². The van der Waals surface area contributed by atoms with Gasteiger partial charge >= 0.3 is 12.0 Å². The van der Waals surface area contributed by atoms with Crippen LogP contribution in [-0.2, 0) is 20.9 Å². The monoisotopic (exact) mass is 571 g/mol. The first kappa shape index (κ1) is 29.4. The maximum Gasteiger partial charge on any atom is 0.319 e. The Bertz CT molecular complexity index is 1300. The van der Waals surface area contributed by atoms with E-state index < -0.39 is 29.9 Å². The molecule has 4 amide bonds. The number of ether oxygens (including phenoxy) is 1. The lowest BCUT2D eigenvalue weighted by Crippen LogP contribution is -2.39. The van der Waals surface area contributed by atoms with Crippen LogP contribution in [0.15, 0.2) is 66.9 Å². The third-order valence-corrected chi connectivity index (χ3v) is 5.68. The molecule has 1 heterocycles. The van der Waals surface area contributed by atoms with Crippen LogP contribution < -0.4 is 21.3 Å². The highest BCUT2D eigenvalue weighted by atomic mass is 35.5. The number of halogens is 2. The molecule has 1 atom stereocenters. The molecule has 204 valence electrons. The highest BCUT2D eigenvalue weighted by molar-refractivity contribution is 6.34. The minimum Gasteiger partial charge on any atom is -0.466 e. The molecule has 12 heteroatoms. The van der Waals surface area contributed by atoms with Gasteiger partial charge in [0.25, 0.3) is 5.91 Å². The fourth-order valence-electron chi connectivity index (χ4n) is 3.51. The molecule has 39 heavy (non-hydrogen) atoms. The molecule has 0 aliphatic heterocycles.